The van der Waals surface area contributed by atoms with Crippen LogP contribution in [0.1, 0.15) is 56.7 Å². The van der Waals surface area contributed by atoms with Crippen molar-refractivity contribution in [2.24, 2.45) is 5.73 Å². The van der Waals surface area contributed by atoms with Crippen molar-refractivity contribution in [2.75, 3.05) is 24.7 Å². The van der Waals surface area contributed by atoms with Crippen LogP contribution in [0.4, 0.5) is 4.39 Å². The minimum Gasteiger partial charge on any atom is -0.394 e. The molecule has 0 bridgehead atoms. The Morgan fingerprint density at radius 3 is 1.92 bits per heavy atom. The molecule has 5 rings (SSSR count). The van der Waals surface area contributed by atoms with Crippen LogP contribution < -0.4 is 48.3 Å². The van der Waals surface area contributed by atoms with Crippen LogP contribution in [0.2, 0.25) is 0 Å². The summed E-state index contributed by atoms with van der Waals surface area (Å²) in [5.41, 5.74) is 8.33. The van der Waals surface area contributed by atoms with Gasteiger partial charge in [-0.15, -0.1) is 0 Å². The van der Waals surface area contributed by atoms with Crippen molar-refractivity contribution in [3.05, 3.63) is 108 Å². The fourth-order valence-electron chi connectivity index (χ4n) is 8.11. The highest BCUT2D eigenvalue weighted by Gasteiger charge is 2.37. The highest BCUT2D eigenvalue weighted by Crippen LogP contribution is 2.24. The Labute approximate surface area is 447 Å². The summed E-state index contributed by atoms with van der Waals surface area (Å²) in [6, 6.07) is 13.0. The largest absolute Gasteiger partial charge is 0.394 e. The van der Waals surface area contributed by atoms with Gasteiger partial charge in [-0.3, -0.25) is 38.4 Å². The Hall–Kier alpha value is -6.57. The number of carbonyl (C=O) groups is 8. The van der Waals surface area contributed by atoms with E-state index >= 15 is 0 Å². The summed E-state index contributed by atoms with van der Waals surface area (Å²) >= 11 is 0. The van der Waals surface area contributed by atoms with Gasteiger partial charge in [-0.1, -0.05) is 100 Å². The number of benzene rings is 3. The van der Waals surface area contributed by atoms with Gasteiger partial charge in [0.15, 0.2) is 6.17 Å². The van der Waals surface area contributed by atoms with Crippen molar-refractivity contribution >= 4 is 79.7 Å². The number of fused-ring (bicyclic) bond motifs is 1. The number of carbonyl (C=O) groups excluding carboxylic acids is 8. The van der Waals surface area contributed by atoms with E-state index in [9.17, 15) is 58.1 Å². The first-order valence-corrected chi connectivity index (χ1v) is 27.5. The van der Waals surface area contributed by atoms with Gasteiger partial charge in [0.25, 0.3) is 5.91 Å². The number of nitrogens with one attached hydrogen (secondary N) is 9. The molecule has 2 heterocycles. The van der Waals surface area contributed by atoms with Crippen LogP contribution in [0, 0.1) is 0 Å². The van der Waals surface area contributed by atoms with Gasteiger partial charge in [0.05, 0.1) is 24.9 Å². The predicted octanol–water partition coefficient (Wildman–Crippen LogP) is -0.290. The quantitative estimate of drug-likeness (QED) is 0.0424. The zero-order valence-corrected chi connectivity index (χ0v) is 44.1. The van der Waals surface area contributed by atoms with Crippen LogP contribution in [0.25, 0.3) is 10.9 Å². The van der Waals surface area contributed by atoms with Gasteiger partial charge in [0.2, 0.25) is 41.4 Å². The zero-order valence-electron chi connectivity index (χ0n) is 42.5. The smallest absolute Gasteiger partial charge is 0.254 e. The van der Waals surface area contributed by atoms with Gasteiger partial charge in [0.1, 0.15) is 42.3 Å². The third kappa shape index (κ3) is 18.3. The van der Waals surface area contributed by atoms with Crippen molar-refractivity contribution in [1.82, 2.24) is 47.5 Å². The molecule has 0 saturated carbocycles. The molecule has 1 saturated heterocycles. The summed E-state index contributed by atoms with van der Waals surface area (Å²) in [7, 11) is 1.90. The second kappa shape index (κ2) is 30.2. The third-order valence-corrected chi connectivity index (χ3v) is 14.9. The van der Waals surface area contributed by atoms with Crippen LogP contribution in [0.5, 0.6) is 0 Å². The van der Waals surface area contributed by atoms with Crippen molar-refractivity contribution < 1.29 is 58.1 Å². The number of rotatable bonds is 19. The number of nitrogens with two attached hydrogens (primary N) is 1. The van der Waals surface area contributed by atoms with Crippen LogP contribution in [0.15, 0.2) is 91.1 Å². The normalized spacial score (nSPS) is 22.4. The Kier molecular flexibility index (Phi) is 24.0. The Balaban J connectivity index is 1.60. The summed E-state index contributed by atoms with van der Waals surface area (Å²) in [6.07, 6.45) is -2.74. The molecule has 21 nitrogen and oxygen atoms in total. The van der Waals surface area contributed by atoms with E-state index in [1.807, 2.05) is 18.2 Å². The molecule has 24 heteroatoms. The molecule has 14 N–H and O–H groups in total. The molecule has 1 aliphatic rings. The SMILES string of the molecule is C[C@H](F)C(=O)N[C@H](Cc1ccccc1)C(=O)N[C@H]1CSSCC(C(=O)N[C@H](CO)[C@H](C)O)NC(=O)C([C@@H](C)O)NC(=O)[C@@H](CCCCN)NC(=O)[C@H](Cc2c[nH]c3ccccc23)NC(=O)C(Cc2ccccc2)NC1=O. The summed E-state index contributed by atoms with van der Waals surface area (Å²) in [4.78, 5) is 117. The van der Waals surface area contributed by atoms with Crippen LogP contribution >= 0.6 is 21.6 Å². The zero-order chi connectivity index (χ0) is 55.3. The van der Waals surface area contributed by atoms with Gasteiger partial charge < -0.3 is 68.6 Å². The summed E-state index contributed by atoms with van der Waals surface area (Å²) < 4.78 is 14.3. The Morgan fingerprint density at radius 1 is 0.697 bits per heavy atom. The van der Waals surface area contributed by atoms with Crippen molar-refractivity contribution in [3.63, 3.8) is 0 Å². The number of hydrogen-bond donors (Lipinski definition) is 13. The number of aliphatic hydroxyl groups is 3. The van der Waals surface area contributed by atoms with Crippen molar-refractivity contribution in [1.29, 1.82) is 0 Å². The lowest BCUT2D eigenvalue weighted by Gasteiger charge is -2.29. The number of alkyl halides is 1. The highest BCUT2D eigenvalue weighted by molar-refractivity contribution is 8.76. The predicted molar refractivity (Wildman–Crippen MR) is 287 cm³/mol. The molecule has 3 aromatic carbocycles. The number of aliphatic hydroxyl groups excluding tert-OH is 3. The van der Waals surface area contributed by atoms with Gasteiger partial charge in [0, 0.05) is 47.9 Å². The molecule has 0 spiro atoms. The molecule has 0 aliphatic carbocycles. The van der Waals surface area contributed by atoms with E-state index in [1.165, 1.54) is 13.8 Å². The summed E-state index contributed by atoms with van der Waals surface area (Å²) in [6.45, 7) is 3.11. The fourth-order valence-corrected chi connectivity index (χ4v) is 10.4. The first-order valence-electron chi connectivity index (χ1n) is 25.0. The number of para-hydroxylation sites is 1. The van der Waals surface area contributed by atoms with E-state index in [1.54, 1.807) is 72.9 Å². The lowest BCUT2D eigenvalue weighted by Crippen LogP contribution is -2.62. The number of hydrogen-bond acceptors (Lipinski definition) is 14. The first-order chi connectivity index (χ1) is 36.4. The maximum atomic E-state index is 14.8. The number of unbranched alkanes of at least 4 members (excludes halogenated alkanes) is 1. The molecular weight excluding hydrogens is 1020 g/mol. The second-order valence-electron chi connectivity index (χ2n) is 18.5. The highest BCUT2D eigenvalue weighted by atomic mass is 33.1. The van der Waals surface area contributed by atoms with Gasteiger partial charge in [-0.2, -0.15) is 0 Å². The standard InChI is InChI=1S/C52H69FN10O11S2/c1-29(53)45(67)57-38(22-32-14-6-4-7-15-32)48(70)61-42-27-75-76-28-43(51(73)60-41(26-64)30(2)65)62-52(74)44(31(3)66)63-46(68)37(20-12-13-21-54)56-49(71)40(24-34-25-55-36-19-11-10-18-35(34)36)59-47(69)39(58-50(42)72)23-33-16-8-5-9-17-33/h4-11,14-19,25,29-31,37-44,55,64-66H,12-13,20-24,26-28,54H2,1-3H3,(H,56,71)(H,57,67)(H,58,72)(H,59,69)(H,60,73)(H,61,70)(H,62,74)(H,63,68)/t29-,30-,31+,37+,38+,39?,40-,41+,42-,43?,44?/m0/s1. The van der Waals surface area contributed by atoms with E-state index in [0.717, 1.165) is 39.4 Å². The molecule has 1 aliphatic heterocycles. The molecule has 412 valence electrons. The van der Waals surface area contributed by atoms with Crippen LogP contribution in [0.3, 0.4) is 0 Å². The number of aromatic amines is 1. The lowest BCUT2D eigenvalue weighted by atomic mass is 10.0. The summed E-state index contributed by atoms with van der Waals surface area (Å²) in [5, 5.41) is 52.8. The molecule has 8 amide bonds. The number of H-pyrrole nitrogens is 1. The maximum absolute atomic E-state index is 14.8. The van der Waals surface area contributed by atoms with Gasteiger partial charge in [-0.05, 0) is 69.3 Å². The molecule has 0 radical (unpaired) electrons. The maximum Gasteiger partial charge on any atom is 0.254 e. The lowest BCUT2D eigenvalue weighted by molar-refractivity contribution is -0.136. The number of halogens is 1. The Bertz CT molecular complexity index is 2580. The fraction of sp³-hybridized carbons (Fsp3) is 0.462. The topological polar surface area (TPSA) is 335 Å². The molecule has 76 heavy (non-hydrogen) atoms. The minimum absolute atomic E-state index is 0.0000516. The van der Waals surface area contributed by atoms with Gasteiger partial charge in [-0.25, -0.2) is 4.39 Å². The van der Waals surface area contributed by atoms with E-state index in [2.05, 4.69) is 47.5 Å². The van der Waals surface area contributed by atoms with Gasteiger partial charge >= 0.3 is 0 Å². The van der Waals surface area contributed by atoms with Crippen LogP contribution in [-0.2, 0) is 57.6 Å². The van der Waals surface area contributed by atoms with E-state index in [4.69, 9.17) is 5.73 Å². The Morgan fingerprint density at radius 2 is 1.29 bits per heavy atom. The molecule has 1 fully saturated rings. The minimum atomic E-state index is -2.00. The molecular formula is C52H69FN10O11S2. The summed E-state index contributed by atoms with van der Waals surface area (Å²) in [5.74, 6) is -7.88. The number of amides is 8. The number of aromatic nitrogens is 1. The van der Waals surface area contributed by atoms with E-state index in [-0.39, 0.29) is 43.7 Å². The monoisotopic (exact) mass is 1090 g/mol. The van der Waals surface area contributed by atoms with E-state index in [0.29, 0.717) is 29.5 Å². The first kappa shape index (κ1) is 60.3. The van der Waals surface area contributed by atoms with Crippen LogP contribution in [-0.4, -0.2) is 159 Å². The molecule has 11 atom stereocenters. The second-order valence-corrected chi connectivity index (χ2v) is 21.1. The molecule has 4 aromatic rings. The van der Waals surface area contributed by atoms with Crippen molar-refractivity contribution in [3.8, 4) is 0 Å². The average Bonchev–Trinajstić information content (AvgIpc) is 3.81. The molecule has 3 unspecified atom stereocenters. The van der Waals surface area contributed by atoms with Crippen molar-refractivity contribution in [2.45, 2.75) is 126 Å². The third-order valence-electron chi connectivity index (χ3n) is 12.5. The average molecular weight is 1090 g/mol. The van der Waals surface area contributed by atoms with E-state index < -0.39 is 121 Å². The molecule has 1 aromatic heterocycles.